The standard InChI is InChI=1S/C8H10FN3O3S/c9-5-3-12(7(14)11-6(5)10)8(4-13)15-1-2-16-8/h3,13H,1-2,4H2,(H2,10,11,14)/t8-/m1/s1. The molecule has 1 atom stereocenters. The van der Waals surface area contributed by atoms with Gasteiger partial charge in [-0.3, -0.25) is 4.57 Å². The van der Waals surface area contributed by atoms with Crippen LogP contribution < -0.4 is 11.4 Å². The summed E-state index contributed by atoms with van der Waals surface area (Å²) in [6.45, 7) is -0.0632. The lowest BCUT2D eigenvalue weighted by atomic mass is 10.5. The van der Waals surface area contributed by atoms with Gasteiger partial charge in [-0.2, -0.15) is 4.98 Å². The molecule has 8 heteroatoms. The number of aromatic nitrogens is 2. The number of anilines is 1. The smallest absolute Gasteiger partial charge is 0.352 e. The van der Waals surface area contributed by atoms with Crippen molar-refractivity contribution in [3.63, 3.8) is 0 Å². The minimum absolute atomic E-state index is 0.379. The first-order valence-corrected chi connectivity index (χ1v) is 5.51. The molecule has 1 fully saturated rings. The number of hydrogen-bond acceptors (Lipinski definition) is 6. The second-order valence-electron chi connectivity index (χ2n) is 3.19. The van der Waals surface area contributed by atoms with E-state index in [4.69, 9.17) is 10.5 Å². The van der Waals surface area contributed by atoms with Gasteiger partial charge in [-0.05, 0) is 0 Å². The molecule has 0 aromatic carbocycles. The molecule has 0 aliphatic carbocycles. The molecule has 1 saturated heterocycles. The van der Waals surface area contributed by atoms with Crippen molar-refractivity contribution in [2.24, 2.45) is 0 Å². The molecule has 0 radical (unpaired) electrons. The highest BCUT2D eigenvalue weighted by molar-refractivity contribution is 8.00. The Morgan fingerprint density at radius 3 is 3.12 bits per heavy atom. The first kappa shape index (κ1) is 11.4. The van der Waals surface area contributed by atoms with Crippen LogP contribution in [0.25, 0.3) is 0 Å². The maximum Gasteiger partial charge on any atom is 0.352 e. The Morgan fingerprint density at radius 1 is 1.81 bits per heavy atom. The van der Waals surface area contributed by atoms with E-state index in [1.54, 1.807) is 0 Å². The number of nitrogens with two attached hydrogens (primary N) is 1. The molecule has 1 aromatic rings. The monoisotopic (exact) mass is 247 g/mol. The van der Waals surface area contributed by atoms with Crippen molar-refractivity contribution in [1.82, 2.24) is 9.55 Å². The van der Waals surface area contributed by atoms with Gasteiger partial charge in [-0.15, -0.1) is 0 Å². The Labute approximate surface area is 94.2 Å². The number of aliphatic hydroxyl groups excluding tert-OH is 1. The average Bonchev–Trinajstić information content (AvgIpc) is 2.73. The van der Waals surface area contributed by atoms with Crippen molar-refractivity contribution in [3.8, 4) is 0 Å². The third kappa shape index (κ3) is 1.68. The minimum Gasteiger partial charge on any atom is -0.390 e. The first-order chi connectivity index (χ1) is 7.59. The first-order valence-electron chi connectivity index (χ1n) is 4.53. The summed E-state index contributed by atoms with van der Waals surface area (Å²) in [4.78, 5) is 14.9. The van der Waals surface area contributed by atoms with Crippen molar-refractivity contribution >= 4 is 17.6 Å². The van der Waals surface area contributed by atoms with Crippen molar-refractivity contribution in [2.75, 3.05) is 24.7 Å². The van der Waals surface area contributed by atoms with Crippen molar-refractivity contribution in [3.05, 3.63) is 22.5 Å². The van der Waals surface area contributed by atoms with Gasteiger partial charge in [-0.1, -0.05) is 11.8 Å². The lowest BCUT2D eigenvalue weighted by Gasteiger charge is -2.26. The van der Waals surface area contributed by atoms with Crippen LogP contribution in [0.15, 0.2) is 11.0 Å². The number of hydrogen-bond donors (Lipinski definition) is 2. The Kier molecular flexibility index (Phi) is 2.87. The lowest BCUT2D eigenvalue weighted by Crippen LogP contribution is -2.42. The van der Waals surface area contributed by atoms with Gasteiger partial charge in [0.1, 0.15) is 6.61 Å². The number of aliphatic hydroxyl groups is 1. The number of nitrogens with zero attached hydrogens (tertiary/aromatic N) is 2. The molecule has 0 unspecified atom stereocenters. The van der Waals surface area contributed by atoms with E-state index in [1.165, 1.54) is 11.8 Å². The highest BCUT2D eigenvalue weighted by atomic mass is 32.2. The summed E-state index contributed by atoms with van der Waals surface area (Å²) in [6, 6.07) is 0. The van der Waals surface area contributed by atoms with Crippen LogP contribution in [0.5, 0.6) is 0 Å². The number of halogens is 1. The Hall–Kier alpha value is -1.12. The average molecular weight is 247 g/mol. The number of nitrogen functional groups attached to an aromatic ring is 1. The Balaban J connectivity index is 2.54. The summed E-state index contributed by atoms with van der Waals surface area (Å²) in [5, 5.41) is 7.99. The van der Waals surface area contributed by atoms with Gasteiger partial charge in [0.25, 0.3) is 0 Å². The molecule has 0 bridgehead atoms. The SMILES string of the molecule is Nc1nc(=O)n([C@]2(CO)OCCS2)cc1F. The van der Waals surface area contributed by atoms with Crippen LogP contribution in [-0.2, 0) is 9.79 Å². The summed E-state index contributed by atoms with van der Waals surface area (Å²) in [5.74, 6) is -0.667. The fraction of sp³-hybridized carbons (Fsp3) is 0.500. The number of thioether (sulfide) groups is 1. The third-order valence-electron chi connectivity index (χ3n) is 2.21. The van der Waals surface area contributed by atoms with Gasteiger partial charge >= 0.3 is 5.69 Å². The number of rotatable bonds is 2. The van der Waals surface area contributed by atoms with Crippen molar-refractivity contribution in [1.29, 1.82) is 0 Å². The predicted octanol–water partition coefficient (Wildman–Crippen LogP) is -0.669. The molecule has 88 valence electrons. The van der Waals surface area contributed by atoms with E-state index in [-0.39, 0.29) is 0 Å². The molecule has 0 saturated carbocycles. The van der Waals surface area contributed by atoms with Gasteiger partial charge in [0, 0.05) is 5.75 Å². The summed E-state index contributed by atoms with van der Waals surface area (Å²) in [6.07, 6.45) is 0.902. The summed E-state index contributed by atoms with van der Waals surface area (Å²) in [5.41, 5.74) is 4.42. The molecule has 0 spiro atoms. The fourth-order valence-corrected chi connectivity index (χ4v) is 2.45. The molecule has 1 aromatic heterocycles. The molecule has 2 rings (SSSR count). The van der Waals surface area contributed by atoms with E-state index >= 15 is 0 Å². The van der Waals surface area contributed by atoms with Gasteiger partial charge in [-0.25, -0.2) is 9.18 Å². The van der Waals surface area contributed by atoms with Crippen LogP contribution >= 0.6 is 11.8 Å². The highest BCUT2D eigenvalue weighted by Crippen LogP contribution is 2.36. The zero-order valence-corrected chi connectivity index (χ0v) is 9.04. The predicted molar refractivity (Wildman–Crippen MR) is 56.3 cm³/mol. The fourth-order valence-electron chi connectivity index (χ4n) is 1.44. The van der Waals surface area contributed by atoms with E-state index in [9.17, 15) is 14.3 Å². The minimum atomic E-state index is -1.28. The van der Waals surface area contributed by atoms with E-state index in [2.05, 4.69) is 4.98 Å². The lowest BCUT2D eigenvalue weighted by molar-refractivity contribution is -0.0497. The van der Waals surface area contributed by atoms with Crippen LogP contribution in [-0.4, -0.2) is 33.6 Å². The molecular formula is C8H10FN3O3S. The van der Waals surface area contributed by atoms with E-state index < -0.39 is 29.0 Å². The van der Waals surface area contributed by atoms with Crippen LogP contribution in [0.2, 0.25) is 0 Å². The van der Waals surface area contributed by atoms with E-state index in [1.807, 2.05) is 0 Å². The third-order valence-corrected chi connectivity index (χ3v) is 3.48. The zero-order chi connectivity index (χ0) is 11.8. The van der Waals surface area contributed by atoms with Crippen LogP contribution in [0.3, 0.4) is 0 Å². The molecule has 3 N–H and O–H groups in total. The number of ether oxygens (including phenoxy) is 1. The highest BCUT2D eigenvalue weighted by Gasteiger charge is 2.39. The van der Waals surface area contributed by atoms with Crippen LogP contribution in [0.4, 0.5) is 10.2 Å². The molecule has 16 heavy (non-hydrogen) atoms. The molecule has 1 aliphatic rings. The van der Waals surface area contributed by atoms with Gasteiger partial charge in [0.05, 0.1) is 12.8 Å². The Bertz CT molecular complexity index is 458. The quantitative estimate of drug-likeness (QED) is 0.720. The van der Waals surface area contributed by atoms with E-state index in [0.29, 0.717) is 12.4 Å². The molecule has 2 heterocycles. The second kappa shape index (κ2) is 4.04. The van der Waals surface area contributed by atoms with Gasteiger partial charge in [0.15, 0.2) is 11.6 Å². The van der Waals surface area contributed by atoms with Crippen LogP contribution in [0.1, 0.15) is 0 Å². The van der Waals surface area contributed by atoms with Crippen molar-refractivity contribution in [2.45, 2.75) is 5.06 Å². The zero-order valence-electron chi connectivity index (χ0n) is 8.22. The summed E-state index contributed by atoms with van der Waals surface area (Å²) < 4.78 is 19.4. The Morgan fingerprint density at radius 2 is 2.56 bits per heavy atom. The summed E-state index contributed by atoms with van der Waals surface area (Å²) >= 11 is 1.21. The second-order valence-corrected chi connectivity index (χ2v) is 4.53. The topological polar surface area (TPSA) is 90.4 Å². The van der Waals surface area contributed by atoms with E-state index in [0.717, 1.165) is 10.8 Å². The largest absolute Gasteiger partial charge is 0.390 e. The maximum absolute atomic E-state index is 13.2. The van der Waals surface area contributed by atoms with Crippen molar-refractivity contribution < 1.29 is 14.2 Å². The molecule has 0 amide bonds. The van der Waals surface area contributed by atoms with Gasteiger partial charge < -0.3 is 15.6 Å². The van der Waals surface area contributed by atoms with Crippen LogP contribution in [0, 0.1) is 5.82 Å². The molecule has 6 nitrogen and oxygen atoms in total. The molecular weight excluding hydrogens is 237 g/mol. The maximum atomic E-state index is 13.2. The normalized spacial score (nSPS) is 24.9. The molecule has 1 aliphatic heterocycles. The van der Waals surface area contributed by atoms with Gasteiger partial charge in [0.2, 0.25) is 5.06 Å². The summed E-state index contributed by atoms with van der Waals surface area (Å²) in [7, 11) is 0.